The second kappa shape index (κ2) is 5.08. The molecule has 0 aromatic carbocycles. The van der Waals surface area contributed by atoms with Crippen molar-refractivity contribution in [2.75, 3.05) is 12.3 Å². The van der Waals surface area contributed by atoms with E-state index in [9.17, 15) is 9.59 Å². The molecule has 0 radical (unpaired) electrons. The smallest absolute Gasteiger partial charge is 0.323 e. The van der Waals surface area contributed by atoms with Gasteiger partial charge in [0, 0.05) is 11.8 Å². The van der Waals surface area contributed by atoms with Crippen LogP contribution in [-0.2, 0) is 9.59 Å². The molecule has 1 rings (SSSR count). The summed E-state index contributed by atoms with van der Waals surface area (Å²) in [6.45, 7) is 0.552. The first kappa shape index (κ1) is 10.3. The number of hydrogen-bond acceptors (Lipinski definition) is 4. The Hall–Kier alpha value is -0.750. The molecular formula is C7H13N3O2S. The molecule has 0 aliphatic carbocycles. The molecule has 0 saturated carbocycles. The molecule has 5 nitrogen and oxygen atoms in total. The molecule has 0 aromatic rings. The molecule has 6 heteroatoms. The fourth-order valence-corrected chi connectivity index (χ4v) is 2.36. The first-order chi connectivity index (χ1) is 6.24. The number of hydrogen-bond donors (Lipinski definition) is 3. The third-order valence-electron chi connectivity index (χ3n) is 1.85. The van der Waals surface area contributed by atoms with E-state index in [2.05, 4.69) is 5.32 Å². The Kier molecular flexibility index (Phi) is 4.04. The number of amides is 2. The molecule has 1 aliphatic heterocycles. The Morgan fingerprint density at radius 1 is 1.46 bits per heavy atom. The first-order valence-electron chi connectivity index (χ1n) is 4.14. The highest BCUT2D eigenvalue weighted by atomic mass is 32.2. The summed E-state index contributed by atoms with van der Waals surface area (Å²) in [5.41, 5.74) is 1.78. The monoisotopic (exact) mass is 203 g/mol. The van der Waals surface area contributed by atoms with Crippen molar-refractivity contribution >= 4 is 23.6 Å². The van der Waals surface area contributed by atoms with Crippen LogP contribution in [0.3, 0.4) is 0 Å². The Bertz CT molecular complexity index is 204. The average molecular weight is 203 g/mol. The number of rotatable bonds is 2. The summed E-state index contributed by atoms with van der Waals surface area (Å²) < 4.78 is 0. The second-order valence-corrected chi connectivity index (χ2v) is 4.23. The van der Waals surface area contributed by atoms with Crippen LogP contribution in [0.4, 0.5) is 0 Å². The summed E-state index contributed by atoms with van der Waals surface area (Å²) in [4.78, 5) is 21.6. The Balaban J connectivity index is 2.17. The molecule has 13 heavy (non-hydrogen) atoms. The Labute approximate surface area is 80.8 Å². The van der Waals surface area contributed by atoms with Crippen molar-refractivity contribution in [1.82, 2.24) is 10.7 Å². The number of carbonyl (C=O) groups is 2. The van der Waals surface area contributed by atoms with E-state index in [0.29, 0.717) is 11.8 Å². The minimum atomic E-state index is -0.789. The SMILES string of the molecule is NNC(=O)C(=O)NCC1CCCS1. The number of thioether (sulfide) groups is 1. The molecule has 2 amide bonds. The maximum Gasteiger partial charge on any atom is 0.323 e. The highest BCUT2D eigenvalue weighted by molar-refractivity contribution is 8.00. The van der Waals surface area contributed by atoms with E-state index in [-0.39, 0.29) is 0 Å². The van der Waals surface area contributed by atoms with Crippen molar-refractivity contribution in [2.45, 2.75) is 18.1 Å². The molecule has 4 N–H and O–H groups in total. The molecule has 0 aromatic heterocycles. The fourth-order valence-electron chi connectivity index (χ4n) is 1.16. The van der Waals surface area contributed by atoms with Crippen LogP contribution < -0.4 is 16.6 Å². The van der Waals surface area contributed by atoms with Crippen LogP contribution in [0.2, 0.25) is 0 Å². The van der Waals surface area contributed by atoms with Gasteiger partial charge in [0.1, 0.15) is 0 Å². The topological polar surface area (TPSA) is 84.2 Å². The van der Waals surface area contributed by atoms with Gasteiger partial charge in [0.2, 0.25) is 0 Å². The highest BCUT2D eigenvalue weighted by Gasteiger charge is 2.18. The maximum atomic E-state index is 10.9. The molecule has 74 valence electrons. The molecule has 0 spiro atoms. The number of carbonyl (C=O) groups excluding carboxylic acids is 2. The minimum absolute atomic E-state index is 0.453. The minimum Gasteiger partial charge on any atom is -0.347 e. The van der Waals surface area contributed by atoms with E-state index in [4.69, 9.17) is 5.84 Å². The van der Waals surface area contributed by atoms with Crippen LogP contribution in [0.1, 0.15) is 12.8 Å². The number of hydrazine groups is 1. The fraction of sp³-hybridized carbons (Fsp3) is 0.714. The standard InChI is InChI=1S/C7H13N3O2S/c8-10-7(12)6(11)9-4-5-2-1-3-13-5/h5H,1-4,8H2,(H,9,11)(H,10,12). The average Bonchev–Trinajstić information content (AvgIpc) is 2.65. The molecular weight excluding hydrogens is 190 g/mol. The number of nitrogens with two attached hydrogens (primary N) is 1. The van der Waals surface area contributed by atoms with Crippen molar-refractivity contribution in [3.8, 4) is 0 Å². The quantitative estimate of drug-likeness (QED) is 0.232. The highest BCUT2D eigenvalue weighted by Crippen LogP contribution is 2.24. The van der Waals surface area contributed by atoms with Gasteiger partial charge in [-0.25, -0.2) is 5.84 Å². The summed E-state index contributed by atoms with van der Waals surface area (Å²) in [5, 5.41) is 2.98. The lowest BCUT2D eigenvalue weighted by Gasteiger charge is -2.08. The van der Waals surface area contributed by atoms with Crippen molar-refractivity contribution in [3.05, 3.63) is 0 Å². The van der Waals surface area contributed by atoms with Gasteiger partial charge < -0.3 is 5.32 Å². The van der Waals surface area contributed by atoms with Gasteiger partial charge in [-0.1, -0.05) is 0 Å². The molecule has 1 fully saturated rings. The lowest BCUT2D eigenvalue weighted by atomic mass is 10.2. The van der Waals surface area contributed by atoms with E-state index in [1.54, 1.807) is 5.43 Å². The van der Waals surface area contributed by atoms with E-state index >= 15 is 0 Å². The lowest BCUT2D eigenvalue weighted by molar-refractivity contribution is -0.139. The summed E-state index contributed by atoms with van der Waals surface area (Å²) in [6, 6.07) is 0. The van der Waals surface area contributed by atoms with E-state index in [1.807, 2.05) is 11.8 Å². The van der Waals surface area contributed by atoms with Gasteiger partial charge in [-0.05, 0) is 18.6 Å². The maximum absolute atomic E-state index is 10.9. The van der Waals surface area contributed by atoms with E-state index in [1.165, 1.54) is 6.42 Å². The van der Waals surface area contributed by atoms with Gasteiger partial charge in [0.15, 0.2) is 0 Å². The van der Waals surface area contributed by atoms with Crippen LogP contribution in [0.25, 0.3) is 0 Å². The van der Waals surface area contributed by atoms with Gasteiger partial charge in [0.25, 0.3) is 0 Å². The summed E-state index contributed by atoms with van der Waals surface area (Å²) in [5.74, 6) is 4.49. The third-order valence-corrected chi connectivity index (χ3v) is 3.25. The molecule has 1 unspecified atom stereocenters. The molecule has 1 aliphatic rings. The molecule has 1 atom stereocenters. The van der Waals surface area contributed by atoms with E-state index in [0.717, 1.165) is 12.2 Å². The van der Waals surface area contributed by atoms with Crippen LogP contribution >= 0.6 is 11.8 Å². The predicted molar refractivity (Wildman–Crippen MR) is 50.8 cm³/mol. The molecule has 0 bridgehead atoms. The Morgan fingerprint density at radius 2 is 2.23 bits per heavy atom. The zero-order valence-electron chi connectivity index (χ0n) is 7.21. The molecule has 1 saturated heterocycles. The van der Waals surface area contributed by atoms with Crippen LogP contribution in [0.15, 0.2) is 0 Å². The lowest BCUT2D eigenvalue weighted by Crippen LogP contribution is -2.44. The third kappa shape index (κ3) is 3.23. The predicted octanol–water partition coefficient (Wildman–Crippen LogP) is -1.01. The van der Waals surface area contributed by atoms with Gasteiger partial charge in [-0.15, -0.1) is 0 Å². The van der Waals surface area contributed by atoms with Crippen molar-refractivity contribution in [3.63, 3.8) is 0 Å². The van der Waals surface area contributed by atoms with Crippen molar-refractivity contribution < 1.29 is 9.59 Å². The number of nitrogens with one attached hydrogen (secondary N) is 2. The molecule has 1 heterocycles. The first-order valence-corrected chi connectivity index (χ1v) is 5.19. The van der Waals surface area contributed by atoms with Crippen LogP contribution in [-0.4, -0.2) is 29.4 Å². The van der Waals surface area contributed by atoms with Crippen LogP contribution in [0, 0.1) is 0 Å². The summed E-state index contributed by atoms with van der Waals surface area (Å²) >= 11 is 1.83. The van der Waals surface area contributed by atoms with Gasteiger partial charge in [-0.3, -0.25) is 15.0 Å². The van der Waals surface area contributed by atoms with Gasteiger partial charge in [0.05, 0.1) is 0 Å². The van der Waals surface area contributed by atoms with Gasteiger partial charge >= 0.3 is 11.8 Å². The summed E-state index contributed by atoms with van der Waals surface area (Å²) in [7, 11) is 0. The zero-order valence-corrected chi connectivity index (χ0v) is 8.02. The normalized spacial score (nSPS) is 21.2. The zero-order chi connectivity index (χ0) is 9.68. The van der Waals surface area contributed by atoms with Gasteiger partial charge in [-0.2, -0.15) is 11.8 Å². The summed E-state index contributed by atoms with van der Waals surface area (Å²) in [6.07, 6.45) is 2.30. The largest absolute Gasteiger partial charge is 0.347 e. The van der Waals surface area contributed by atoms with E-state index < -0.39 is 11.8 Å². The Morgan fingerprint density at radius 3 is 2.77 bits per heavy atom. The van der Waals surface area contributed by atoms with Crippen molar-refractivity contribution in [2.24, 2.45) is 5.84 Å². The van der Waals surface area contributed by atoms with Crippen LogP contribution in [0.5, 0.6) is 0 Å². The van der Waals surface area contributed by atoms with Crippen molar-refractivity contribution in [1.29, 1.82) is 0 Å². The second-order valence-electron chi connectivity index (χ2n) is 2.82.